The predicted molar refractivity (Wildman–Crippen MR) is 62.6 cm³/mol. The maximum absolute atomic E-state index is 13.5. The summed E-state index contributed by atoms with van der Waals surface area (Å²) in [7, 11) is 0. The van der Waals surface area contributed by atoms with Crippen molar-refractivity contribution in [2.24, 2.45) is 0 Å². The van der Waals surface area contributed by atoms with Crippen LogP contribution in [0.25, 0.3) is 0 Å². The SMILES string of the molecule is O=C(O)C1CN(c2cc(F)cc(F)c2[N+](=O)[O-])CCO1. The van der Waals surface area contributed by atoms with Crippen LogP contribution in [0.3, 0.4) is 0 Å². The molecule has 0 amide bonds. The van der Waals surface area contributed by atoms with Crippen LogP contribution in [0.2, 0.25) is 0 Å². The molecule has 0 aromatic heterocycles. The highest BCUT2D eigenvalue weighted by molar-refractivity contribution is 5.74. The van der Waals surface area contributed by atoms with Crippen LogP contribution in [-0.2, 0) is 9.53 Å². The van der Waals surface area contributed by atoms with Gasteiger partial charge in [0.05, 0.1) is 18.1 Å². The molecule has 1 atom stereocenters. The van der Waals surface area contributed by atoms with E-state index in [0.717, 1.165) is 6.07 Å². The summed E-state index contributed by atoms with van der Waals surface area (Å²) in [6, 6.07) is 1.22. The van der Waals surface area contributed by atoms with Crippen molar-refractivity contribution in [3.63, 3.8) is 0 Å². The number of hydrogen-bond acceptors (Lipinski definition) is 5. The van der Waals surface area contributed by atoms with Gasteiger partial charge in [0.2, 0.25) is 5.82 Å². The van der Waals surface area contributed by atoms with E-state index in [2.05, 4.69) is 0 Å². The van der Waals surface area contributed by atoms with Crippen LogP contribution in [-0.4, -0.2) is 41.8 Å². The number of aliphatic carboxylic acids is 1. The van der Waals surface area contributed by atoms with Crippen molar-refractivity contribution in [3.8, 4) is 0 Å². The lowest BCUT2D eigenvalue weighted by molar-refractivity contribution is -0.386. The quantitative estimate of drug-likeness (QED) is 0.662. The Labute approximate surface area is 111 Å². The molecule has 7 nitrogen and oxygen atoms in total. The molecular formula is C11H10F2N2O5. The molecular weight excluding hydrogens is 278 g/mol. The number of nitro groups is 1. The van der Waals surface area contributed by atoms with E-state index >= 15 is 0 Å². The van der Waals surface area contributed by atoms with E-state index < -0.39 is 34.3 Å². The van der Waals surface area contributed by atoms with Crippen LogP contribution in [0.15, 0.2) is 12.1 Å². The highest BCUT2D eigenvalue weighted by Crippen LogP contribution is 2.33. The summed E-state index contributed by atoms with van der Waals surface area (Å²) >= 11 is 0. The number of nitrogens with zero attached hydrogens (tertiary/aromatic N) is 2. The Morgan fingerprint density at radius 2 is 2.20 bits per heavy atom. The highest BCUT2D eigenvalue weighted by Gasteiger charge is 2.32. The van der Waals surface area contributed by atoms with E-state index in [1.807, 2.05) is 0 Å². The highest BCUT2D eigenvalue weighted by atomic mass is 19.1. The molecule has 0 bridgehead atoms. The van der Waals surface area contributed by atoms with Gasteiger partial charge in [0.25, 0.3) is 0 Å². The minimum absolute atomic E-state index is 0.00769. The van der Waals surface area contributed by atoms with Crippen molar-refractivity contribution < 1.29 is 28.3 Å². The van der Waals surface area contributed by atoms with Crippen molar-refractivity contribution in [2.75, 3.05) is 24.6 Å². The Bertz CT molecular complexity index is 566. The predicted octanol–water partition coefficient (Wildman–Crippen LogP) is 1.16. The summed E-state index contributed by atoms with van der Waals surface area (Å²) < 4.78 is 31.7. The van der Waals surface area contributed by atoms with Gasteiger partial charge in [0.15, 0.2) is 6.10 Å². The lowest BCUT2D eigenvalue weighted by Gasteiger charge is -2.32. The van der Waals surface area contributed by atoms with Gasteiger partial charge in [0.1, 0.15) is 11.5 Å². The second-order valence-electron chi connectivity index (χ2n) is 4.16. The average molecular weight is 288 g/mol. The van der Waals surface area contributed by atoms with Gasteiger partial charge in [0, 0.05) is 18.7 Å². The fourth-order valence-electron chi connectivity index (χ4n) is 1.99. The Morgan fingerprint density at radius 1 is 1.50 bits per heavy atom. The van der Waals surface area contributed by atoms with E-state index in [9.17, 15) is 23.7 Å². The van der Waals surface area contributed by atoms with Crippen molar-refractivity contribution >= 4 is 17.3 Å². The van der Waals surface area contributed by atoms with Crippen molar-refractivity contribution in [1.29, 1.82) is 0 Å². The summed E-state index contributed by atoms with van der Waals surface area (Å²) in [4.78, 5) is 22.0. The number of rotatable bonds is 3. The second kappa shape index (κ2) is 5.37. The number of anilines is 1. The molecule has 2 rings (SSSR count). The fraction of sp³-hybridized carbons (Fsp3) is 0.364. The molecule has 1 heterocycles. The number of morpholine rings is 1. The maximum atomic E-state index is 13.5. The Morgan fingerprint density at radius 3 is 2.80 bits per heavy atom. The third kappa shape index (κ3) is 2.67. The summed E-state index contributed by atoms with van der Waals surface area (Å²) in [5, 5.41) is 19.7. The van der Waals surface area contributed by atoms with Gasteiger partial charge in [-0.25, -0.2) is 9.18 Å². The van der Waals surface area contributed by atoms with Crippen LogP contribution in [0.5, 0.6) is 0 Å². The topological polar surface area (TPSA) is 92.9 Å². The van der Waals surface area contributed by atoms with Crippen LogP contribution in [0.4, 0.5) is 20.2 Å². The molecule has 1 aliphatic rings. The molecule has 1 unspecified atom stereocenters. The lowest BCUT2D eigenvalue weighted by Crippen LogP contribution is -2.46. The van der Waals surface area contributed by atoms with Gasteiger partial charge < -0.3 is 14.7 Å². The molecule has 1 aromatic carbocycles. The number of benzene rings is 1. The maximum Gasteiger partial charge on any atom is 0.334 e. The molecule has 1 saturated heterocycles. The van der Waals surface area contributed by atoms with Gasteiger partial charge in [-0.05, 0) is 0 Å². The number of carbonyl (C=O) groups is 1. The molecule has 0 radical (unpaired) electrons. The molecule has 1 N–H and O–H groups in total. The summed E-state index contributed by atoms with van der Waals surface area (Å²) in [5.74, 6) is -3.51. The molecule has 1 aromatic rings. The fourth-order valence-corrected chi connectivity index (χ4v) is 1.99. The number of hydrogen-bond donors (Lipinski definition) is 1. The van der Waals surface area contributed by atoms with Crippen molar-refractivity contribution in [2.45, 2.75) is 6.10 Å². The molecule has 0 spiro atoms. The van der Waals surface area contributed by atoms with Gasteiger partial charge in [-0.2, -0.15) is 4.39 Å². The van der Waals surface area contributed by atoms with Crippen LogP contribution in [0.1, 0.15) is 0 Å². The Balaban J connectivity index is 2.41. The van der Waals surface area contributed by atoms with E-state index in [-0.39, 0.29) is 25.4 Å². The first-order chi connectivity index (χ1) is 9.40. The molecule has 0 saturated carbocycles. The minimum Gasteiger partial charge on any atom is -0.479 e. The smallest absolute Gasteiger partial charge is 0.334 e. The molecule has 108 valence electrons. The van der Waals surface area contributed by atoms with Crippen LogP contribution in [0, 0.1) is 21.7 Å². The number of halogens is 2. The number of carboxylic acid groups (broad SMARTS) is 1. The average Bonchev–Trinajstić information content (AvgIpc) is 2.37. The first-order valence-corrected chi connectivity index (χ1v) is 5.63. The monoisotopic (exact) mass is 288 g/mol. The number of carboxylic acids is 1. The van der Waals surface area contributed by atoms with Gasteiger partial charge >= 0.3 is 11.7 Å². The van der Waals surface area contributed by atoms with Gasteiger partial charge in [-0.3, -0.25) is 10.1 Å². The normalized spacial score (nSPS) is 18.9. The number of ether oxygens (including phenoxy) is 1. The number of nitro benzene ring substituents is 1. The summed E-state index contributed by atoms with van der Waals surface area (Å²) in [6.07, 6.45) is -1.20. The Hall–Kier alpha value is -2.29. The Kier molecular flexibility index (Phi) is 3.79. The largest absolute Gasteiger partial charge is 0.479 e. The van der Waals surface area contributed by atoms with Crippen LogP contribution < -0.4 is 4.90 Å². The molecule has 0 aliphatic carbocycles. The van der Waals surface area contributed by atoms with E-state index in [1.54, 1.807) is 0 Å². The zero-order chi connectivity index (χ0) is 14.9. The van der Waals surface area contributed by atoms with E-state index in [0.29, 0.717) is 6.07 Å². The minimum atomic E-state index is -1.30. The molecule has 9 heteroatoms. The van der Waals surface area contributed by atoms with Gasteiger partial charge in [-0.15, -0.1) is 0 Å². The standard InChI is InChI=1S/C11H10F2N2O5/c12-6-3-7(13)10(15(18)19)8(4-6)14-1-2-20-9(5-14)11(16)17/h3-4,9H,1-2,5H2,(H,16,17). The zero-order valence-electron chi connectivity index (χ0n) is 10.1. The van der Waals surface area contributed by atoms with Gasteiger partial charge in [-0.1, -0.05) is 0 Å². The van der Waals surface area contributed by atoms with Crippen molar-refractivity contribution in [1.82, 2.24) is 0 Å². The van der Waals surface area contributed by atoms with Crippen LogP contribution >= 0.6 is 0 Å². The van der Waals surface area contributed by atoms with Crippen molar-refractivity contribution in [3.05, 3.63) is 33.9 Å². The first kappa shape index (κ1) is 14.1. The second-order valence-corrected chi connectivity index (χ2v) is 4.16. The third-order valence-electron chi connectivity index (χ3n) is 2.87. The lowest BCUT2D eigenvalue weighted by atomic mass is 10.2. The van der Waals surface area contributed by atoms with E-state index in [1.165, 1.54) is 4.90 Å². The third-order valence-corrected chi connectivity index (χ3v) is 2.87. The zero-order valence-corrected chi connectivity index (χ0v) is 10.1. The molecule has 1 aliphatic heterocycles. The first-order valence-electron chi connectivity index (χ1n) is 5.63. The molecule has 20 heavy (non-hydrogen) atoms. The van der Waals surface area contributed by atoms with E-state index in [4.69, 9.17) is 9.84 Å². The summed E-state index contributed by atoms with van der Waals surface area (Å²) in [6.45, 7) is -0.126. The summed E-state index contributed by atoms with van der Waals surface area (Å²) in [5.41, 5.74) is -1.17. The molecule has 1 fully saturated rings.